The summed E-state index contributed by atoms with van der Waals surface area (Å²) >= 11 is 0. The van der Waals surface area contributed by atoms with Crippen molar-refractivity contribution >= 4 is 21.8 Å². The molecule has 1 aliphatic carbocycles. The molecule has 1 saturated heterocycles. The Bertz CT molecular complexity index is 920. The van der Waals surface area contributed by atoms with E-state index in [2.05, 4.69) is 9.57 Å². The summed E-state index contributed by atoms with van der Waals surface area (Å²) in [6.07, 6.45) is 4.08. The van der Waals surface area contributed by atoms with Crippen molar-refractivity contribution in [3.8, 4) is 0 Å². The van der Waals surface area contributed by atoms with Crippen LogP contribution >= 0.6 is 0 Å². The molecule has 0 saturated carbocycles. The lowest BCUT2D eigenvalue weighted by Crippen LogP contribution is -2.47. The molecule has 0 unspecified atom stereocenters. The van der Waals surface area contributed by atoms with Crippen LogP contribution in [-0.4, -0.2) is 44.1 Å². The molecule has 0 aromatic heterocycles. The Morgan fingerprint density at radius 1 is 1.17 bits per heavy atom. The molecule has 1 N–H and O–H groups in total. The SMILES string of the molecule is [C-]#[N+]c1ccc(S(=O)(=O)NC2CCN(C(=O)OC(C)(C)C)CC2)c2c1CCCC2. The lowest BCUT2D eigenvalue weighted by atomic mass is 9.90. The third-order valence-electron chi connectivity index (χ3n) is 5.35. The molecule has 1 heterocycles. The van der Waals surface area contributed by atoms with Crippen LogP contribution in [0.2, 0.25) is 0 Å². The Balaban J connectivity index is 1.69. The Hall–Kier alpha value is -2.11. The van der Waals surface area contributed by atoms with Crippen molar-refractivity contribution in [1.29, 1.82) is 0 Å². The smallest absolute Gasteiger partial charge is 0.410 e. The van der Waals surface area contributed by atoms with Gasteiger partial charge in [-0.1, -0.05) is 18.6 Å². The summed E-state index contributed by atoms with van der Waals surface area (Å²) in [5.74, 6) is 0. The molecule has 1 fully saturated rings. The van der Waals surface area contributed by atoms with Crippen molar-refractivity contribution in [2.45, 2.75) is 75.8 Å². The number of nitrogens with one attached hydrogen (secondary N) is 1. The molecule has 3 rings (SSSR count). The van der Waals surface area contributed by atoms with E-state index in [9.17, 15) is 13.2 Å². The highest BCUT2D eigenvalue weighted by Crippen LogP contribution is 2.34. The Kier molecular flexibility index (Phi) is 6.20. The van der Waals surface area contributed by atoms with Crippen molar-refractivity contribution in [3.05, 3.63) is 34.7 Å². The summed E-state index contributed by atoms with van der Waals surface area (Å²) in [5, 5.41) is 0. The van der Waals surface area contributed by atoms with Gasteiger partial charge in [0.2, 0.25) is 10.0 Å². The third-order valence-corrected chi connectivity index (χ3v) is 6.95. The first-order chi connectivity index (χ1) is 13.6. The van der Waals surface area contributed by atoms with E-state index in [4.69, 9.17) is 11.3 Å². The lowest BCUT2D eigenvalue weighted by Gasteiger charge is -2.33. The summed E-state index contributed by atoms with van der Waals surface area (Å²) in [5.41, 5.74) is 1.69. The summed E-state index contributed by atoms with van der Waals surface area (Å²) in [6.45, 7) is 13.7. The van der Waals surface area contributed by atoms with E-state index in [1.54, 1.807) is 17.0 Å². The number of carbonyl (C=O) groups is 1. The molecular formula is C21H29N3O4S. The first-order valence-electron chi connectivity index (χ1n) is 10.1. The van der Waals surface area contributed by atoms with Gasteiger partial charge in [0.15, 0.2) is 5.69 Å². The number of fused-ring (bicyclic) bond motifs is 1. The van der Waals surface area contributed by atoms with Gasteiger partial charge in [0.1, 0.15) is 5.60 Å². The Morgan fingerprint density at radius 2 is 1.79 bits per heavy atom. The standard InChI is InChI=1S/C21H29N3O4S/c1-21(2,3)28-20(25)24-13-11-15(12-14-24)23-29(26,27)19-10-9-18(22-4)16-7-5-6-8-17(16)19/h9-10,15,23H,5-8,11-14H2,1-3H3. The number of nitrogens with zero attached hydrogens (tertiary/aromatic N) is 2. The molecule has 0 radical (unpaired) electrons. The van der Waals surface area contributed by atoms with Crippen molar-refractivity contribution < 1.29 is 17.9 Å². The molecule has 0 spiro atoms. The molecule has 29 heavy (non-hydrogen) atoms. The van der Waals surface area contributed by atoms with E-state index in [1.165, 1.54) is 0 Å². The zero-order valence-electron chi connectivity index (χ0n) is 17.3. The number of rotatable bonds is 3. The molecule has 1 aromatic rings. The molecule has 7 nitrogen and oxygen atoms in total. The van der Waals surface area contributed by atoms with Crippen molar-refractivity contribution in [2.24, 2.45) is 0 Å². The number of hydrogen-bond donors (Lipinski definition) is 1. The summed E-state index contributed by atoms with van der Waals surface area (Å²) in [7, 11) is -3.68. The first kappa shape index (κ1) is 21.6. The van der Waals surface area contributed by atoms with Gasteiger partial charge >= 0.3 is 6.09 Å². The molecule has 1 aliphatic heterocycles. The number of hydrogen-bond acceptors (Lipinski definition) is 4. The summed E-state index contributed by atoms with van der Waals surface area (Å²) in [4.78, 5) is 17.7. The number of amides is 1. The predicted octanol–water partition coefficient (Wildman–Crippen LogP) is 3.79. The number of carbonyl (C=O) groups excluding carboxylic acids is 1. The minimum atomic E-state index is -3.68. The van der Waals surface area contributed by atoms with Crippen LogP contribution in [0.4, 0.5) is 10.5 Å². The molecule has 8 heteroatoms. The van der Waals surface area contributed by atoms with E-state index >= 15 is 0 Å². The molecule has 1 amide bonds. The quantitative estimate of drug-likeness (QED) is 0.756. The van der Waals surface area contributed by atoms with Gasteiger partial charge in [-0.05, 0) is 64.0 Å². The van der Waals surface area contributed by atoms with Crippen molar-refractivity contribution in [3.63, 3.8) is 0 Å². The number of benzene rings is 1. The number of likely N-dealkylation sites (tertiary alicyclic amines) is 1. The molecule has 0 atom stereocenters. The zero-order chi connectivity index (χ0) is 21.2. The fourth-order valence-corrected chi connectivity index (χ4v) is 5.56. The van der Waals surface area contributed by atoms with Crippen molar-refractivity contribution in [2.75, 3.05) is 13.1 Å². The van der Waals surface area contributed by atoms with Gasteiger partial charge in [-0.15, -0.1) is 0 Å². The highest BCUT2D eigenvalue weighted by atomic mass is 32.2. The van der Waals surface area contributed by atoms with E-state index in [1.807, 2.05) is 20.8 Å². The van der Waals surface area contributed by atoms with Crippen molar-refractivity contribution in [1.82, 2.24) is 9.62 Å². The van der Waals surface area contributed by atoms with Crippen LogP contribution in [0.1, 0.15) is 57.6 Å². The van der Waals surface area contributed by atoms with E-state index in [-0.39, 0.29) is 12.1 Å². The van der Waals surface area contributed by atoms with Crippen LogP contribution in [0.3, 0.4) is 0 Å². The average molecular weight is 420 g/mol. The van der Waals surface area contributed by atoms with Crippen LogP contribution in [0.15, 0.2) is 17.0 Å². The fraction of sp³-hybridized carbons (Fsp3) is 0.619. The van der Waals surface area contributed by atoms with Gasteiger partial charge in [0, 0.05) is 19.1 Å². The van der Waals surface area contributed by atoms with Crippen LogP contribution < -0.4 is 4.72 Å². The largest absolute Gasteiger partial charge is 0.444 e. The summed E-state index contributed by atoms with van der Waals surface area (Å²) in [6, 6.07) is 2.96. The maximum Gasteiger partial charge on any atom is 0.410 e. The van der Waals surface area contributed by atoms with Crippen LogP contribution in [0.25, 0.3) is 4.85 Å². The highest BCUT2D eigenvalue weighted by Gasteiger charge is 2.31. The minimum Gasteiger partial charge on any atom is -0.444 e. The molecular weight excluding hydrogens is 390 g/mol. The second-order valence-corrected chi connectivity index (χ2v) is 10.4. The number of sulfonamides is 1. The maximum atomic E-state index is 13.1. The number of ether oxygens (including phenoxy) is 1. The van der Waals surface area contributed by atoms with Gasteiger partial charge in [0.25, 0.3) is 0 Å². The average Bonchev–Trinajstić information content (AvgIpc) is 2.66. The second-order valence-electron chi connectivity index (χ2n) is 8.72. The van der Waals surface area contributed by atoms with E-state index in [0.717, 1.165) is 30.4 Å². The van der Waals surface area contributed by atoms with Gasteiger partial charge in [0.05, 0.1) is 11.5 Å². The molecule has 0 bridgehead atoms. The second kappa shape index (κ2) is 8.33. The monoisotopic (exact) mass is 419 g/mol. The van der Waals surface area contributed by atoms with E-state index < -0.39 is 15.6 Å². The Morgan fingerprint density at radius 3 is 2.38 bits per heavy atom. The fourth-order valence-electron chi connectivity index (χ4n) is 3.96. The number of piperidine rings is 1. The topological polar surface area (TPSA) is 80.1 Å². The molecule has 2 aliphatic rings. The lowest BCUT2D eigenvalue weighted by molar-refractivity contribution is 0.0203. The first-order valence-corrected chi connectivity index (χ1v) is 11.6. The third kappa shape index (κ3) is 5.09. The van der Waals surface area contributed by atoms with Crippen LogP contribution in [0.5, 0.6) is 0 Å². The van der Waals surface area contributed by atoms with Crippen LogP contribution in [0, 0.1) is 6.57 Å². The predicted molar refractivity (Wildman–Crippen MR) is 110 cm³/mol. The van der Waals surface area contributed by atoms with Gasteiger partial charge in [-0.3, -0.25) is 0 Å². The zero-order valence-corrected chi connectivity index (χ0v) is 18.1. The molecule has 158 valence electrons. The normalized spacial score (nSPS) is 18.1. The minimum absolute atomic E-state index is 0.224. The van der Waals surface area contributed by atoms with E-state index in [0.29, 0.717) is 42.9 Å². The Labute approximate surface area is 173 Å². The molecule has 1 aromatic carbocycles. The van der Waals surface area contributed by atoms with Crippen LogP contribution in [-0.2, 0) is 27.6 Å². The summed E-state index contributed by atoms with van der Waals surface area (Å²) < 4.78 is 34.4. The van der Waals surface area contributed by atoms with Gasteiger partial charge in [-0.2, -0.15) is 0 Å². The maximum absolute atomic E-state index is 13.1. The van der Waals surface area contributed by atoms with Gasteiger partial charge in [-0.25, -0.2) is 22.8 Å². The highest BCUT2D eigenvalue weighted by molar-refractivity contribution is 7.89. The van der Waals surface area contributed by atoms with Gasteiger partial charge < -0.3 is 9.64 Å².